The van der Waals surface area contributed by atoms with E-state index in [2.05, 4.69) is 35.6 Å². The fourth-order valence-electron chi connectivity index (χ4n) is 3.79. The molecule has 0 fully saturated rings. The Balaban J connectivity index is 1.20. The first-order valence-corrected chi connectivity index (χ1v) is 11.0. The van der Waals surface area contributed by atoms with Crippen molar-refractivity contribution in [1.29, 1.82) is 0 Å². The molecule has 1 aliphatic rings. The van der Waals surface area contributed by atoms with Crippen molar-refractivity contribution >= 4 is 29.1 Å². The summed E-state index contributed by atoms with van der Waals surface area (Å²) < 4.78 is 5.09. The molecular weight excluding hydrogens is 406 g/mol. The van der Waals surface area contributed by atoms with Crippen LogP contribution in [0.2, 0.25) is 0 Å². The van der Waals surface area contributed by atoms with E-state index >= 15 is 0 Å². The number of hydrogen-bond donors (Lipinski definition) is 1. The molecule has 1 amide bonds. The summed E-state index contributed by atoms with van der Waals surface area (Å²) in [5.41, 5.74) is 6.46. The topological polar surface area (TPSA) is 59.3 Å². The number of anilines is 1. The van der Waals surface area contributed by atoms with Gasteiger partial charge in [-0.1, -0.05) is 36.4 Å². The first kappa shape index (κ1) is 19.4. The number of amides is 1. The van der Waals surface area contributed by atoms with Gasteiger partial charge < -0.3 is 9.73 Å². The van der Waals surface area contributed by atoms with E-state index in [1.807, 2.05) is 36.4 Å². The van der Waals surface area contributed by atoms with Crippen molar-refractivity contribution in [3.05, 3.63) is 108 Å². The summed E-state index contributed by atoms with van der Waals surface area (Å²) in [6.45, 7) is 0. The third kappa shape index (κ3) is 4.05. The van der Waals surface area contributed by atoms with Crippen molar-refractivity contribution in [1.82, 2.24) is 0 Å². The van der Waals surface area contributed by atoms with Crippen LogP contribution in [0.15, 0.2) is 94.4 Å². The highest BCUT2D eigenvalue weighted by Gasteiger charge is 2.19. The van der Waals surface area contributed by atoms with Gasteiger partial charge in [-0.3, -0.25) is 9.59 Å². The van der Waals surface area contributed by atoms with Crippen molar-refractivity contribution in [2.45, 2.75) is 11.3 Å². The quantitative estimate of drug-likeness (QED) is 0.265. The summed E-state index contributed by atoms with van der Waals surface area (Å²) in [6, 6.07) is 25.1. The molecule has 0 bridgehead atoms. The second-order valence-corrected chi connectivity index (χ2v) is 8.42. The summed E-state index contributed by atoms with van der Waals surface area (Å²) in [7, 11) is 0. The van der Waals surface area contributed by atoms with E-state index in [1.54, 1.807) is 12.1 Å². The number of Topliss-reactive ketones (excluding diaryl/α,β-unsaturated/α-hetero) is 1. The van der Waals surface area contributed by atoms with Crippen LogP contribution >= 0.6 is 11.8 Å². The van der Waals surface area contributed by atoms with E-state index in [4.69, 9.17) is 4.42 Å². The van der Waals surface area contributed by atoms with E-state index in [9.17, 15) is 9.59 Å². The Morgan fingerprint density at radius 2 is 1.68 bits per heavy atom. The number of carbonyl (C=O) groups is 2. The molecule has 1 heterocycles. The van der Waals surface area contributed by atoms with E-state index < -0.39 is 0 Å². The molecule has 0 unspecified atom stereocenters. The first-order chi connectivity index (χ1) is 15.2. The third-order valence-corrected chi connectivity index (χ3v) is 6.35. The molecule has 3 aromatic carbocycles. The van der Waals surface area contributed by atoms with E-state index in [0.29, 0.717) is 11.4 Å². The largest absolute Gasteiger partial charge is 0.459 e. The van der Waals surface area contributed by atoms with Crippen LogP contribution in [0.5, 0.6) is 0 Å². The predicted octanol–water partition coefficient (Wildman–Crippen LogP) is 6.08. The molecular formula is C26H19NO3S. The van der Waals surface area contributed by atoms with Crippen molar-refractivity contribution in [3.8, 4) is 11.1 Å². The summed E-state index contributed by atoms with van der Waals surface area (Å²) in [4.78, 5) is 25.7. The standard InChI is InChI=1S/C26H19NO3S/c28-24(18-7-12-23-19(15-18)14-17-4-1-2-5-22(17)23)16-31-21-10-8-20(9-11-21)27-26(29)25-6-3-13-30-25/h1-13,15H,14,16H2,(H,27,29). The van der Waals surface area contributed by atoms with Gasteiger partial charge in [0.2, 0.25) is 0 Å². The van der Waals surface area contributed by atoms with Crippen molar-refractivity contribution in [3.63, 3.8) is 0 Å². The average molecular weight is 426 g/mol. The first-order valence-electron chi connectivity index (χ1n) is 9.99. The lowest BCUT2D eigenvalue weighted by Crippen LogP contribution is -2.10. The zero-order chi connectivity index (χ0) is 21.2. The second-order valence-electron chi connectivity index (χ2n) is 7.37. The Morgan fingerprint density at radius 1 is 0.871 bits per heavy atom. The molecule has 4 aromatic rings. The lowest BCUT2D eigenvalue weighted by Gasteiger charge is -2.07. The van der Waals surface area contributed by atoms with Crippen molar-refractivity contribution < 1.29 is 14.0 Å². The maximum absolute atomic E-state index is 12.7. The highest BCUT2D eigenvalue weighted by atomic mass is 32.2. The number of fused-ring (bicyclic) bond motifs is 3. The average Bonchev–Trinajstić information content (AvgIpc) is 3.46. The van der Waals surface area contributed by atoms with Gasteiger partial charge in [0.15, 0.2) is 11.5 Å². The Bertz CT molecular complexity index is 1260. The minimum Gasteiger partial charge on any atom is -0.459 e. The molecule has 5 heteroatoms. The maximum Gasteiger partial charge on any atom is 0.291 e. The Labute approximate surface area is 184 Å². The zero-order valence-electron chi connectivity index (χ0n) is 16.6. The lowest BCUT2D eigenvalue weighted by atomic mass is 10.0. The third-order valence-electron chi connectivity index (χ3n) is 5.34. The minimum atomic E-state index is -0.292. The lowest BCUT2D eigenvalue weighted by molar-refractivity contribution is 0.0994. The Morgan fingerprint density at radius 3 is 2.48 bits per heavy atom. The molecule has 0 spiro atoms. The van der Waals surface area contributed by atoms with Crippen molar-refractivity contribution in [2.24, 2.45) is 0 Å². The molecule has 0 saturated heterocycles. The summed E-state index contributed by atoms with van der Waals surface area (Å²) in [5, 5.41) is 2.78. The SMILES string of the molecule is O=C(CSc1ccc(NC(=O)c2ccco2)cc1)c1ccc2c(c1)Cc1ccccc1-2. The summed E-state index contributed by atoms with van der Waals surface area (Å²) in [5.74, 6) is 0.448. The zero-order valence-corrected chi connectivity index (χ0v) is 17.4. The Kier molecular flexibility index (Phi) is 5.18. The highest BCUT2D eigenvalue weighted by molar-refractivity contribution is 8.00. The fourth-order valence-corrected chi connectivity index (χ4v) is 4.58. The van der Waals surface area contributed by atoms with Gasteiger partial charge in [-0.15, -0.1) is 11.8 Å². The molecule has 0 aliphatic heterocycles. The molecule has 1 aliphatic carbocycles. The highest BCUT2D eigenvalue weighted by Crippen LogP contribution is 2.37. The summed E-state index contributed by atoms with van der Waals surface area (Å²) >= 11 is 1.49. The number of furan rings is 1. The van der Waals surface area contributed by atoms with Crippen LogP contribution < -0.4 is 5.32 Å². The van der Waals surface area contributed by atoms with Gasteiger partial charge in [0.1, 0.15) is 0 Å². The number of ketones is 1. The van der Waals surface area contributed by atoms with Gasteiger partial charge in [-0.05, 0) is 71.1 Å². The van der Waals surface area contributed by atoms with Gasteiger partial charge in [0.05, 0.1) is 12.0 Å². The predicted molar refractivity (Wildman–Crippen MR) is 123 cm³/mol. The van der Waals surface area contributed by atoms with Crippen LogP contribution in [0.4, 0.5) is 5.69 Å². The van der Waals surface area contributed by atoms with Crippen LogP contribution in [-0.4, -0.2) is 17.4 Å². The number of benzene rings is 3. The number of hydrogen-bond acceptors (Lipinski definition) is 4. The van der Waals surface area contributed by atoms with Gasteiger partial charge in [0, 0.05) is 16.1 Å². The van der Waals surface area contributed by atoms with E-state index in [1.165, 1.54) is 40.3 Å². The summed E-state index contributed by atoms with van der Waals surface area (Å²) in [6.07, 6.45) is 2.34. The monoisotopic (exact) mass is 425 g/mol. The molecule has 152 valence electrons. The molecule has 1 N–H and O–H groups in total. The van der Waals surface area contributed by atoms with Gasteiger partial charge in [-0.2, -0.15) is 0 Å². The van der Waals surface area contributed by atoms with Crippen LogP contribution in [0.25, 0.3) is 11.1 Å². The molecule has 1 aromatic heterocycles. The van der Waals surface area contributed by atoms with Gasteiger partial charge in [-0.25, -0.2) is 0 Å². The van der Waals surface area contributed by atoms with Crippen LogP contribution in [0.3, 0.4) is 0 Å². The number of nitrogens with one attached hydrogen (secondary N) is 1. The molecule has 4 nitrogen and oxygen atoms in total. The van der Waals surface area contributed by atoms with Crippen molar-refractivity contribution in [2.75, 3.05) is 11.1 Å². The van der Waals surface area contributed by atoms with Crippen LogP contribution in [-0.2, 0) is 6.42 Å². The normalized spacial score (nSPS) is 11.6. The smallest absolute Gasteiger partial charge is 0.291 e. The molecule has 31 heavy (non-hydrogen) atoms. The van der Waals surface area contributed by atoms with Gasteiger partial charge >= 0.3 is 0 Å². The van der Waals surface area contributed by atoms with Crippen LogP contribution in [0, 0.1) is 0 Å². The number of thioether (sulfide) groups is 1. The fraction of sp³-hybridized carbons (Fsp3) is 0.0769. The Hall–Kier alpha value is -3.57. The number of rotatable bonds is 6. The van der Waals surface area contributed by atoms with Gasteiger partial charge in [0.25, 0.3) is 5.91 Å². The maximum atomic E-state index is 12.7. The second kappa shape index (κ2) is 8.28. The molecule has 0 atom stereocenters. The molecule has 0 saturated carbocycles. The minimum absolute atomic E-state index is 0.110. The van der Waals surface area contributed by atoms with E-state index in [-0.39, 0.29) is 17.5 Å². The number of carbonyl (C=O) groups excluding carboxylic acids is 2. The molecule has 5 rings (SSSR count). The van der Waals surface area contributed by atoms with Crippen LogP contribution in [0.1, 0.15) is 32.0 Å². The van der Waals surface area contributed by atoms with E-state index in [0.717, 1.165) is 16.9 Å². The molecule has 0 radical (unpaired) electrons.